The second kappa shape index (κ2) is 6.08. The van der Waals surface area contributed by atoms with Crippen LogP contribution in [0.25, 0.3) is 0 Å². The molecule has 4 heteroatoms. The summed E-state index contributed by atoms with van der Waals surface area (Å²) in [5, 5.41) is 8.91. The van der Waals surface area contributed by atoms with Crippen LogP contribution in [-0.4, -0.2) is 48.3 Å². The van der Waals surface area contributed by atoms with E-state index in [1.807, 2.05) is 6.92 Å². The quantitative estimate of drug-likeness (QED) is 0.661. The highest BCUT2D eigenvalue weighted by Gasteiger charge is 2.35. The molecule has 0 aromatic carbocycles. The van der Waals surface area contributed by atoms with E-state index in [4.69, 9.17) is 9.84 Å². The average molecular weight is 215 g/mol. The van der Waals surface area contributed by atoms with Crippen molar-refractivity contribution < 1.29 is 14.6 Å². The molecule has 0 aromatic heterocycles. The van der Waals surface area contributed by atoms with Crippen molar-refractivity contribution in [3.8, 4) is 0 Å². The summed E-state index contributed by atoms with van der Waals surface area (Å²) in [5.41, 5.74) is 0. The molecule has 1 rings (SSSR count). The van der Waals surface area contributed by atoms with Crippen LogP contribution in [0.3, 0.4) is 0 Å². The molecule has 1 heterocycles. The van der Waals surface area contributed by atoms with Gasteiger partial charge in [-0.25, -0.2) is 0 Å². The molecule has 1 fully saturated rings. The van der Waals surface area contributed by atoms with Crippen LogP contribution in [0.2, 0.25) is 0 Å². The Morgan fingerprint density at radius 1 is 1.53 bits per heavy atom. The molecule has 88 valence electrons. The van der Waals surface area contributed by atoms with Gasteiger partial charge in [0.05, 0.1) is 6.61 Å². The molecule has 0 saturated carbocycles. The molecule has 1 aliphatic heterocycles. The fourth-order valence-electron chi connectivity index (χ4n) is 1.94. The molecule has 1 N–H and O–H groups in total. The van der Waals surface area contributed by atoms with Crippen molar-refractivity contribution >= 4 is 5.97 Å². The van der Waals surface area contributed by atoms with Crippen molar-refractivity contribution in [2.45, 2.75) is 32.7 Å². The third-order valence-electron chi connectivity index (χ3n) is 2.81. The third kappa shape index (κ3) is 3.18. The van der Waals surface area contributed by atoms with Crippen molar-refractivity contribution in [2.24, 2.45) is 5.92 Å². The van der Waals surface area contributed by atoms with Gasteiger partial charge in [0.15, 0.2) is 0 Å². The van der Waals surface area contributed by atoms with Crippen molar-refractivity contribution in [1.29, 1.82) is 0 Å². The van der Waals surface area contributed by atoms with E-state index in [1.54, 1.807) is 0 Å². The average Bonchev–Trinajstić information content (AvgIpc) is 2.15. The first-order valence-electron chi connectivity index (χ1n) is 5.74. The minimum absolute atomic E-state index is 0.0993. The molecule has 1 saturated heterocycles. The second-order valence-corrected chi connectivity index (χ2v) is 4.06. The lowest BCUT2D eigenvalue weighted by molar-refractivity contribution is -0.153. The number of rotatable bonds is 6. The molecule has 0 aliphatic carbocycles. The number of hydrogen-bond acceptors (Lipinski definition) is 4. The van der Waals surface area contributed by atoms with Gasteiger partial charge >= 0.3 is 5.97 Å². The lowest BCUT2D eigenvalue weighted by Crippen LogP contribution is -2.56. The predicted octanol–water partition coefficient (Wildman–Crippen LogP) is 0.642. The third-order valence-corrected chi connectivity index (χ3v) is 2.81. The zero-order valence-electron chi connectivity index (χ0n) is 9.61. The maximum Gasteiger partial charge on any atom is 0.323 e. The highest BCUT2D eigenvalue weighted by Crippen LogP contribution is 2.21. The summed E-state index contributed by atoms with van der Waals surface area (Å²) in [6.45, 7) is 6.19. The lowest BCUT2D eigenvalue weighted by Gasteiger charge is -2.42. The van der Waals surface area contributed by atoms with Gasteiger partial charge in [-0.15, -0.1) is 0 Å². The van der Waals surface area contributed by atoms with Gasteiger partial charge in [0.1, 0.15) is 6.04 Å². The predicted molar refractivity (Wildman–Crippen MR) is 57.5 cm³/mol. The Hall–Kier alpha value is -0.610. The molecule has 0 spiro atoms. The number of esters is 1. The summed E-state index contributed by atoms with van der Waals surface area (Å²) < 4.78 is 5.04. The molecule has 1 aliphatic rings. The molecule has 4 nitrogen and oxygen atoms in total. The van der Waals surface area contributed by atoms with E-state index in [1.165, 1.54) is 0 Å². The number of nitrogens with zero attached hydrogens (tertiary/aromatic N) is 1. The zero-order chi connectivity index (χ0) is 11.3. The smallest absolute Gasteiger partial charge is 0.323 e. The molecule has 0 aromatic rings. The van der Waals surface area contributed by atoms with Crippen LogP contribution in [0, 0.1) is 5.92 Å². The normalized spacial score (nSPS) is 19.7. The number of aliphatic hydroxyl groups excluding tert-OH is 1. The molecule has 0 amide bonds. The van der Waals surface area contributed by atoms with Gasteiger partial charge in [-0.3, -0.25) is 9.69 Å². The second-order valence-electron chi connectivity index (χ2n) is 4.06. The zero-order valence-corrected chi connectivity index (χ0v) is 9.61. The molecule has 0 bridgehead atoms. The Morgan fingerprint density at radius 2 is 2.20 bits per heavy atom. The highest BCUT2D eigenvalue weighted by molar-refractivity contribution is 5.75. The van der Waals surface area contributed by atoms with Gasteiger partial charge in [0.25, 0.3) is 0 Å². The number of aliphatic hydroxyl groups is 1. The van der Waals surface area contributed by atoms with Crippen LogP contribution in [-0.2, 0) is 9.53 Å². The molecule has 15 heavy (non-hydrogen) atoms. The van der Waals surface area contributed by atoms with Crippen molar-refractivity contribution in [2.75, 3.05) is 26.3 Å². The lowest BCUT2D eigenvalue weighted by atomic mass is 9.97. The summed E-state index contributed by atoms with van der Waals surface area (Å²) >= 11 is 0. The van der Waals surface area contributed by atoms with Gasteiger partial charge in [0.2, 0.25) is 0 Å². The number of carbonyl (C=O) groups is 1. The maximum atomic E-state index is 11.6. The number of hydrogen-bond donors (Lipinski definition) is 1. The Bertz CT molecular complexity index is 202. The summed E-state index contributed by atoms with van der Waals surface area (Å²) in [7, 11) is 0. The summed E-state index contributed by atoms with van der Waals surface area (Å²) in [6.07, 6.45) is 1.82. The van der Waals surface area contributed by atoms with Crippen molar-refractivity contribution in [3.63, 3.8) is 0 Å². The number of carbonyl (C=O) groups excluding carboxylic acids is 1. The minimum atomic E-state index is -0.115. The highest BCUT2D eigenvalue weighted by atomic mass is 16.5. The van der Waals surface area contributed by atoms with E-state index < -0.39 is 0 Å². The van der Waals surface area contributed by atoms with E-state index in [2.05, 4.69) is 11.8 Å². The largest absolute Gasteiger partial charge is 0.465 e. The SMILES string of the molecule is CCCC(C(=O)OCC)N1CC(CO)C1. The first kappa shape index (κ1) is 12.5. The molecular formula is C11H21NO3. The van der Waals surface area contributed by atoms with Crippen LogP contribution in [0.1, 0.15) is 26.7 Å². The standard InChI is InChI=1S/C11H21NO3/c1-3-5-10(11(14)15-4-2)12-6-9(7-12)8-13/h9-10,13H,3-8H2,1-2H3. The van der Waals surface area contributed by atoms with E-state index >= 15 is 0 Å². The fourth-order valence-corrected chi connectivity index (χ4v) is 1.94. The summed E-state index contributed by atoms with van der Waals surface area (Å²) in [6, 6.07) is -0.0993. The first-order valence-corrected chi connectivity index (χ1v) is 5.74. The van der Waals surface area contributed by atoms with E-state index in [0.29, 0.717) is 12.5 Å². The van der Waals surface area contributed by atoms with Crippen LogP contribution in [0.15, 0.2) is 0 Å². The molecule has 0 radical (unpaired) electrons. The van der Waals surface area contributed by atoms with E-state index in [9.17, 15) is 4.79 Å². The van der Waals surface area contributed by atoms with Crippen molar-refractivity contribution in [1.82, 2.24) is 4.90 Å². The molecule has 1 unspecified atom stereocenters. The Labute approximate surface area is 91.2 Å². The van der Waals surface area contributed by atoms with Crippen LogP contribution < -0.4 is 0 Å². The van der Waals surface area contributed by atoms with Crippen molar-refractivity contribution in [3.05, 3.63) is 0 Å². The Kier molecular flexibility index (Phi) is 5.05. The Morgan fingerprint density at radius 3 is 2.67 bits per heavy atom. The maximum absolute atomic E-state index is 11.6. The summed E-state index contributed by atoms with van der Waals surface area (Å²) in [4.78, 5) is 13.7. The monoisotopic (exact) mass is 215 g/mol. The number of ether oxygens (including phenoxy) is 1. The molecular weight excluding hydrogens is 194 g/mol. The van der Waals surface area contributed by atoms with Gasteiger partial charge in [-0.1, -0.05) is 13.3 Å². The topological polar surface area (TPSA) is 49.8 Å². The van der Waals surface area contributed by atoms with Gasteiger partial charge in [-0.2, -0.15) is 0 Å². The number of likely N-dealkylation sites (tertiary alicyclic amines) is 1. The first-order chi connectivity index (χ1) is 7.22. The minimum Gasteiger partial charge on any atom is -0.465 e. The Balaban J connectivity index is 2.41. The van der Waals surface area contributed by atoms with E-state index in [0.717, 1.165) is 25.9 Å². The van der Waals surface area contributed by atoms with Gasteiger partial charge < -0.3 is 9.84 Å². The van der Waals surface area contributed by atoms with Gasteiger partial charge in [0, 0.05) is 25.6 Å². The van der Waals surface area contributed by atoms with Crippen LogP contribution >= 0.6 is 0 Å². The summed E-state index contributed by atoms with van der Waals surface area (Å²) in [5.74, 6) is 0.231. The van der Waals surface area contributed by atoms with Gasteiger partial charge in [-0.05, 0) is 13.3 Å². The van der Waals surface area contributed by atoms with E-state index in [-0.39, 0.29) is 18.6 Å². The van der Waals surface area contributed by atoms with Crippen LogP contribution in [0.5, 0.6) is 0 Å². The fraction of sp³-hybridized carbons (Fsp3) is 0.909. The van der Waals surface area contributed by atoms with Crippen LogP contribution in [0.4, 0.5) is 0 Å². The molecule has 1 atom stereocenters.